The number of rotatable bonds is 1. The molecular formula is C13H16O2. The summed E-state index contributed by atoms with van der Waals surface area (Å²) in [6.45, 7) is 4.14. The Labute approximate surface area is 90.3 Å². The predicted molar refractivity (Wildman–Crippen MR) is 58.3 cm³/mol. The van der Waals surface area contributed by atoms with Crippen LogP contribution >= 0.6 is 0 Å². The first-order valence-electron chi connectivity index (χ1n) is 5.40. The molecule has 2 rings (SSSR count). The molecule has 2 nitrogen and oxygen atoms in total. The van der Waals surface area contributed by atoms with Gasteiger partial charge in [-0.15, -0.1) is 0 Å². The highest BCUT2D eigenvalue weighted by atomic mass is 16.6. The van der Waals surface area contributed by atoms with Crippen molar-refractivity contribution in [2.45, 2.75) is 32.3 Å². The Balaban J connectivity index is 2.35. The van der Waals surface area contributed by atoms with Crippen LogP contribution in [0.3, 0.4) is 0 Å². The summed E-state index contributed by atoms with van der Waals surface area (Å²) in [5.74, 6) is 0.289. The Morgan fingerprint density at radius 3 is 2.67 bits per heavy atom. The van der Waals surface area contributed by atoms with Gasteiger partial charge in [-0.3, -0.25) is 4.79 Å². The third-order valence-corrected chi connectivity index (χ3v) is 3.39. The van der Waals surface area contributed by atoms with Gasteiger partial charge in [0.1, 0.15) is 5.60 Å². The minimum absolute atomic E-state index is 0.0838. The summed E-state index contributed by atoms with van der Waals surface area (Å²) in [5.41, 5.74) is 0.641. The fraction of sp³-hybridized carbons (Fsp3) is 0.462. The molecule has 0 amide bonds. The SMILES string of the molecule is C[C@@H]1CCC(=O)O[C@]1(C)c1ccccc1. The van der Waals surface area contributed by atoms with Crippen LogP contribution in [0.1, 0.15) is 32.3 Å². The molecule has 1 aliphatic rings. The lowest BCUT2D eigenvalue weighted by atomic mass is 9.79. The van der Waals surface area contributed by atoms with Crippen molar-refractivity contribution >= 4 is 5.97 Å². The summed E-state index contributed by atoms with van der Waals surface area (Å²) < 4.78 is 5.53. The van der Waals surface area contributed by atoms with Crippen molar-refractivity contribution in [1.82, 2.24) is 0 Å². The van der Waals surface area contributed by atoms with Gasteiger partial charge in [0.05, 0.1) is 0 Å². The molecule has 1 aromatic rings. The Kier molecular flexibility index (Phi) is 2.51. The first kappa shape index (κ1) is 10.2. The highest BCUT2D eigenvalue weighted by molar-refractivity contribution is 5.71. The molecule has 1 fully saturated rings. The number of carbonyl (C=O) groups excluding carboxylic acids is 1. The summed E-state index contributed by atoms with van der Waals surface area (Å²) in [7, 11) is 0. The number of benzene rings is 1. The van der Waals surface area contributed by atoms with Crippen molar-refractivity contribution in [2.75, 3.05) is 0 Å². The second-order valence-electron chi connectivity index (χ2n) is 4.39. The highest BCUT2D eigenvalue weighted by Crippen LogP contribution is 2.39. The lowest BCUT2D eigenvalue weighted by Gasteiger charge is -2.39. The van der Waals surface area contributed by atoms with E-state index < -0.39 is 5.60 Å². The van der Waals surface area contributed by atoms with Gasteiger partial charge in [0, 0.05) is 12.3 Å². The van der Waals surface area contributed by atoms with Crippen LogP contribution in [0.4, 0.5) is 0 Å². The lowest BCUT2D eigenvalue weighted by molar-refractivity contribution is -0.174. The van der Waals surface area contributed by atoms with E-state index in [1.165, 1.54) is 0 Å². The summed E-state index contributed by atoms with van der Waals surface area (Å²) in [4.78, 5) is 11.4. The number of esters is 1. The maximum Gasteiger partial charge on any atom is 0.306 e. The fourth-order valence-electron chi connectivity index (χ4n) is 2.11. The van der Waals surface area contributed by atoms with Gasteiger partial charge in [0.25, 0.3) is 0 Å². The molecule has 15 heavy (non-hydrogen) atoms. The third-order valence-electron chi connectivity index (χ3n) is 3.39. The summed E-state index contributed by atoms with van der Waals surface area (Å²) >= 11 is 0. The zero-order valence-electron chi connectivity index (χ0n) is 9.19. The van der Waals surface area contributed by atoms with E-state index in [4.69, 9.17) is 4.74 Å². The molecule has 0 saturated carbocycles. The zero-order chi connectivity index (χ0) is 10.9. The first-order chi connectivity index (χ1) is 7.13. The summed E-state index contributed by atoms with van der Waals surface area (Å²) in [6.07, 6.45) is 1.45. The van der Waals surface area contributed by atoms with Crippen molar-refractivity contribution in [3.63, 3.8) is 0 Å². The first-order valence-corrected chi connectivity index (χ1v) is 5.40. The van der Waals surface area contributed by atoms with Crippen LogP contribution in [0.25, 0.3) is 0 Å². The van der Waals surface area contributed by atoms with Gasteiger partial charge >= 0.3 is 5.97 Å². The third kappa shape index (κ3) is 1.76. The number of carbonyl (C=O) groups is 1. The molecule has 1 aliphatic heterocycles. The van der Waals surface area contributed by atoms with Crippen molar-refractivity contribution < 1.29 is 9.53 Å². The summed E-state index contributed by atoms with van der Waals surface area (Å²) in [5, 5.41) is 0. The summed E-state index contributed by atoms with van der Waals surface area (Å²) in [6, 6.07) is 9.98. The number of cyclic esters (lactones) is 1. The van der Waals surface area contributed by atoms with Gasteiger partial charge in [0.2, 0.25) is 0 Å². The van der Waals surface area contributed by atoms with E-state index in [-0.39, 0.29) is 5.97 Å². The van der Waals surface area contributed by atoms with Gasteiger partial charge in [-0.25, -0.2) is 0 Å². The molecule has 0 bridgehead atoms. The molecule has 2 heteroatoms. The van der Waals surface area contributed by atoms with Crippen LogP contribution in [0.5, 0.6) is 0 Å². The zero-order valence-corrected chi connectivity index (χ0v) is 9.19. The van der Waals surface area contributed by atoms with E-state index >= 15 is 0 Å². The second kappa shape index (κ2) is 3.69. The minimum Gasteiger partial charge on any atom is -0.454 e. The monoisotopic (exact) mass is 204 g/mol. The predicted octanol–water partition coefficient (Wildman–Crippen LogP) is 2.87. The lowest BCUT2D eigenvalue weighted by Crippen LogP contribution is -2.39. The van der Waals surface area contributed by atoms with Crippen LogP contribution in [0.15, 0.2) is 30.3 Å². The number of hydrogen-bond acceptors (Lipinski definition) is 2. The standard InChI is InChI=1S/C13H16O2/c1-10-8-9-12(14)15-13(10,2)11-6-4-3-5-7-11/h3-7,10H,8-9H2,1-2H3/t10-,13+/m1/s1. The average molecular weight is 204 g/mol. The van der Waals surface area contributed by atoms with E-state index in [2.05, 4.69) is 6.92 Å². The Morgan fingerprint density at radius 2 is 2.00 bits per heavy atom. The maximum absolute atomic E-state index is 11.4. The van der Waals surface area contributed by atoms with Gasteiger partial charge in [-0.1, -0.05) is 37.3 Å². The molecule has 0 aromatic heterocycles. The molecule has 0 aliphatic carbocycles. The van der Waals surface area contributed by atoms with Gasteiger partial charge in [-0.05, 0) is 18.9 Å². The molecule has 1 heterocycles. The molecular weight excluding hydrogens is 188 g/mol. The van der Waals surface area contributed by atoms with Gasteiger partial charge in [0.15, 0.2) is 0 Å². The number of ether oxygens (including phenoxy) is 1. The molecule has 2 atom stereocenters. The fourth-order valence-corrected chi connectivity index (χ4v) is 2.11. The van der Waals surface area contributed by atoms with Crippen molar-refractivity contribution in [2.24, 2.45) is 5.92 Å². The smallest absolute Gasteiger partial charge is 0.306 e. The molecule has 0 radical (unpaired) electrons. The van der Waals surface area contributed by atoms with Crippen molar-refractivity contribution in [1.29, 1.82) is 0 Å². The van der Waals surface area contributed by atoms with Gasteiger partial charge < -0.3 is 4.74 Å². The van der Waals surface area contributed by atoms with Crippen LogP contribution in [-0.2, 0) is 15.1 Å². The van der Waals surface area contributed by atoms with Crippen molar-refractivity contribution in [3.8, 4) is 0 Å². The van der Waals surface area contributed by atoms with Gasteiger partial charge in [-0.2, -0.15) is 0 Å². The molecule has 1 saturated heterocycles. The van der Waals surface area contributed by atoms with E-state index in [1.54, 1.807) is 0 Å². The van der Waals surface area contributed by atoms with Crippen molar-refractivity contribution in [3.05, 3.63) is 35.9 Å². The van der Waals surface area contributed by atoms with E-state index in [9.17, 15) is 4.79 Å². The van der Waals surface area contributed by atoms with Crippen LogP contribution in [0, 0.1) is 5.92 Å². The molecule has 0 N–H and O–H groups in total. The van der Waals surface area contributed by atoms with Crippen LogP contribution in [-0.4, -0.2) is 5.97 Å². The molecule has 80 valence electrons. The van der Waals surface area contributed by atoms with E-state index in [0.717, 1.165) is 12.0 Å². The van der Waals surface area contributed by atoms with E-state index in [1.807, 2.05) is 37.3 Å². The van der Waals surface area contributed by atoms with Crippen LogP contribution < -0.4 is 0 Å². The minimum atomic E-state index is -0.448. The second-order valence-corrected chi connectivity index (χ2v) is 4.39. The maximum atomic E-state index is 11.4. The Morgan fingerprint density at radius 1 is 1.33 bits per heavy atom. The molecule has 0 spiro atoms. The topological polar surface area (TPSA) is 26.3 Å². The van der Waals surface area contributed by atoms with E-state index in [0.29, 0.717) is 12.3 Å². The highest BCUT2D eigenvalue weighted by Gasteiger charge is 2.40. The molecule has 0 unspecified atom stereocenters. The average Bonchev–Trinajstić information content (AvgIpc) is 2.25. The normalized spacial score (nSPS) is 31.1. The largest absolute Gasteiger partial charge is 0.454 e. The number of hydrogen-bond donors (Lipinski definition) is 0. The van der Waals surface area contributed by atoms with Crippen LogP contribution in [0.2, 0.25) is 0 Å². The molecule has 1 aromatic carbocycles. The Bertz CT molecular complexity index is 358. The quantitative estimate of drug-likeness (QED) is 0.657. The Hall–Kier alpha value is -1.31.